The third-order valence-corrected chi connectivity index (χ3v) is 8.22. The highest BCUT2D eigenvalue weighted by Gasteiger charge is 2.58. The number of aliphatic carboxylic acids is 1. The van der Waals surface area contributed by atoms with E-state index in [1.807, 2.05) is 11.8 Å². The molecule has 3 aliphatic rings. The summed E-state index contributed by atoms with van der Waals surface area (Å²) in [7, 11) is 0. The fraction of sp³-hybridized carbons (Fsp3) is 0.542. The molecule has 0 saturated heterocycles. The maximum absolute atomic E-state index is 14.3. The molecular formula is C24H27ClFN3O3. The van der Waals surface area contributed by atoms with Crippen molar-refractivity contribution in [3.05, 3.63) is 51.6 Å². The van der Waals surface area contributed by atoms with E-state index in [1.54, 1.807) is 16.8 Å². The van der Waals surface area contributed by atoms with E-state index < -0.39 is 11.4 Å². The van der Waals surface area contributed by atoms with Crippen LogP contribution in [0.3, 0.4) is 0 Å². The van der Waals surface area contributed by atoms with E-state index >= 15 is 0 Å². The van der Waals surface area contributed by atoms with Gasteiger partial charge in [0.25, 0.3) is 0 Å². The van der Waals surface area contributed by atoms with Crippen LogP contribution in [-0.2, 0) is 29.1 Å². The van der Waals surface area contributed by atoms with Crippen molar-refractivity contribution in [2.45, 2.75) is 65.0 Å². The van der Waals surface area contributed by atoms with Crippen LogP contribution in [0.25, 0.3) is 0 Å². The highest BCUT2D eigenvalue weighted by molar-refractivity contribution is 6.30. The van der Waals surface area contributed by atoms with Crippen LogP contribution in [0.5, 0.6) is 0 Å². The van der Waals surface area contributed by atoms with Gasteiger partial charge in [-0.2, -0.15) is 5.10 Å². The van der Waals surface area contributed by atoms with Crippen LogP contribution in [0.1, 0.15) is 61.0 Å². The molecule has 1 amide bonds. The number of carboxylic acids is 1. The molecule has 170 valence electrons. The van der Waals surface area contributed by atoms with Crippen molar-refractivity contribution >= 4 is 23.5 Å². The highest BCUT2D eigenvalue weighted by atomic mass is 35.5. The Bertz CT molecular complexity index is 1100. The maximum Gasteiger partial charge on any atom is 0.309 e. The Morgan fingerprint density at radius 2 is 2.00 bits per heavy atom. The van der Waals surface area contributed by atoms with Gasteiger partial charge in [-0.25, -0.2) is 4.39 Å². The number of aryl methyl sites for hydroxylation is 1. The summed E-state index contributed by atoms with van der Waals surface area (Å²) in [4.78, 5) is 26.9. The first-order valence-electron chi connectivity index (χ1n) is 11.2. The molecule has 0 spiro atoms. The maximum atomic E-state index is 14.3. The Hall–Kier alpha value is -2.41. The molecule has 1 N–H and O–H groups in total. The average Bonchev–Trinajstić information content (AvgIpc) is 3.41. The number of fused-ring (bicyclic) bond motifs is 3. The number of hydrogen-bond donors (Lipinski definition) is 1. The molecule has 1 aliphatic heterocycles. The van der Waals surface area contributed by atoms with Gasteiger partial charge in [0, 0.05) is 23.6 Å². The van der Waals surface area contributed by atoms with Gasteiger partial charge in [-0.15, -0.1) is 0 Å². The predicted molar refractivity (Wildman–Crippen MR) is 117 cm³/mol. The minimum absolute atomic E-state index is 0.0850. The lowest BCUT2D eigenvalue weighted by Gasteiger charge is -2.32. The van der Waals surface area contributed by atoms with Crippen molar-refractivity contribution in [1.82, 2.24) is 14.7 Å². The molecule has 2 aliphatic carbocycles. The topological polar surface area (TPSA) is 75.4 Å². The molecule has 1 aromatic carbocycles. The van der Waals surface area contributed by atoms with Gasteiger partial charge in [0.05, 0.1) is 29.9 Å². The van der Waals surface area contributed by atoms with E-state index in [1.165, 1.54) is 6.07 Å². The van der Waals surface area contributed by atoms with Crippen molar-refractivity contribution in [3.8, 4) is 0 Å². The molecule has 2 aromatic rings. The van der Waals surface area contributed by atoms with Crippen molar-refractivity contribution in [2.75, 3.05) is 6.54 Å². The number of carboxylic acid groups (broad SMARTS) is 1. The zero-order chi connectivity index (χ0) is 22.7. The van der Waals surface area contributed by atoms with Crippen LogP contribution >= 0.6 is 11.6 Å². The van der Waals surface area contributed by atoms with Gasteiger partial charge in [0.15, 0.2) is 0 Å². The van der Waals surface area contributed by atoms with Crippen molar-refractivity contribution in [3.63, 3.8) is 0 Å². The summed E-state index contributed by atoms with van der Waals surface area (Å²) in [6.07, 6.45) is 4.75. The molecule has 32 heavy (non-hydrogen) atoms. The van der Waals surface area contributed by atoms with Gasteiger partial charge in [-0.05, 0) is 68.6 Å². The lowest BCUT2D eigenvalue weighted by Crippen LogP contribution is -2.39. The number of carbonyl (C=O) groups is 2. The van der Waals surface area contributed by atoms with Gasteiger partial charge in [-0.3, -0.25) is 14.3 Å². The SMILES string of the molecule is Cc1nn(Cc2ccc(Cl)cc2F)c2c1CCN(C(=O)CC13CCC(C(=O)O)(CC1)C3)C2. The number of amides is 1. The van der Waals surface area contributed by atoms with Crippen LogP contribution < -0.4 is 0 Å². The summed E-state index contributed by atoms with van der Waals surface area (Å²) >= 11 is 5.88. The smallest absolute Gasteiger partial charge is 0.309 e. The fourth-order valence-corrected chi connectivity index (χ4v) is 6.28. The molecule has 0 radical (unpaired) electrons. The first-order valence-corrected chi connectivity index (χ1v) is 11.6. The molecule has 0 atom stereocenters. The van der Waals surface area contributed by atoms with Crippen LogP contribution in [-0.4, -0.2) is 38.2 Å². The molecule has 1 aromatic heterocycles. The van der Waals surface area contributed by atoms with Crippen molar-refractivity contribution in [1.29, 1.82) is 0 Å². The quantitative estimate of drug-likeness (QED) is 0.721. The van der Waals surface area contributed by atoms with Crippen molar-refractivity contribution < 1.29 is 19.1 Å². The van der Waals surface area contributed by atoms with Gasteiger partial charge < -0.3 is 10.0 Å². The number of carbonyl (C=O) groups excluding carboxylic acids is 1. The second-order valence-corrected chi connectivity index (χ2v) is 10.3. The van der Waals surface area contributed by atoms with Crippen LogP contribution in [0.4, 0.5) is 4.39 Å². The minimum atomic E-state index is -0.708. The Kier molecular flexibility index (Phi) is 5.08. The summed E-state index contributed by atoms with van der Waals surface area (Å²) in [6, 6.07) is 4.63. The minimum Gasteiger partial charge on any atom is -0.481 e. The number of rotatable bonds is 5. The number of hydrogen-bond acceptors (Lipinski definition) is 3. The summed E-state index contributed by atoms with van der Waals surface area (Å²) < 4.78 is 16.1. The molecule has 0 unspecified atom stereocenters. The average molecular weight is 460 g/mol. The van der Waals surface area contributed by atoms with Gasteiger partial charge in [0.1, 0.15) is 5.82 Å². The summed E-state index contributed by atoms with van der Waals surface area (Å²) in [5.41, 5.74) is 2.72. The predicted octanol–water partition coefficient (Wildman–Crippen LogP) is 4.34. The van der Waals surface area contributed by atoms with Gasteiger partial charge in [-0.1, -0.05) is 17.7 Å². The largest absolute Gasteiger partial charge is 0.481 e. The second kappa shape index (κ2) is 7.58. The first-order chi connectivity index (χ1) is 15.2. The van der Waals surface area contributed by atoms with Gasteiger partial charge >= 0.3 is 5.97 Å². The van der Waals surface area contributed by atoms with Crippen LogP contribution in [0.2, 0.25) is 5.02 Å². The lowest BCUT2D eigenvalue weighted by atomic mass is 9.80. The van der Waals surface area contributed by atoms with E-state index in [2.05, 4.69) is 5.10 Å². The van der Waals surface area contributed by atoms with Gasteiger partial charge in [0.2, 0.25) is 5.91 Å². The van der Waals surface area contributed by atoms with E-state index in [-0.39, 0.29) is 23.7 Å². The Balaban J connectivity index is 1.32. The van der Waals surface area contributed by atoms with E-state index in [0.29, 0.717) is 49.4 Å². The van der Waals surface area contributed by atoms with Crippen LogP contribution in [0, 0.1) is 23.6 Å². The number of halogens is 2. The monoisotopic (exact) mass is 459 g/mol. The normalized spacial score (nSPS) is 26.4. The zero-order valence-electron chi connectivity index (χ0n) is 18.2. The molecule has 8 heteroatoms. The Morgan fingerprint density at radius 1 is 1.25 bits per heavy atom. The number of benzene rings is 1. The Labute approximate surface area is 191 Å². The molecular weight excluding hydrogens is 433 g/mol. The lowest BCUT2D eigenvalue weighted by molar-refractivity contribution is -0.148. The fourth-order valence-electron chi connectivity index (χ4n) is 6.12. The standard InChI is InChI=1S/C24H27ClFN3O3/c1-15-18-4-9-28(21(30)11-23-5-7-24(14-23,8-6-23)22(31)32)13-20(18)29(27-15)12-16-2-3-17(25)10-19(16)26/h2-3,10H,4-9,11-14H2,1H3,(H,31,32). The molecule has 2 heterocycles. The van der Waals surface area contributed by atoms with Crippen LogP contribution in [0.15, 0.2) is 18.2 Å². The second-order valence-electron chi connectivity index (χ2n) is 9.91. The molecule has 2 bridgehead atoms. The highest BCUT2D eigenvalue weighted by Crippen LogP contribution is 2.63. The summed E-state index contributed by atoms with van der Waals surface area (Å²) in [5, 5.41) is 14.6. The third kappa shape index (κ3) is 3.51. The summed E-state index contributed by atoms with van der Waals surface area (Å²) in [5.74, 6) is -0.991. The molecule has 2 saturated carbocycles. The number of aromatic nitrogens is 2. The molecule has 6 nitrogen and oxygen atoms in total. The summed E-state index contributed by atoms with van der Waals surface area (Å²) in [6.45, 7) is 3.32. The Morgan fingerprint density at radius 3 is 2.66 bits per heavy atom. The van der Waals surface area contributed by atoms with E-state index in [4.69, 9.17) is 11.6 Å². The molecule has 2 fully saturated rings. The zero-order valence-corrected chi connectivity index (χ0v) is 18.9. The number of nitrogens with zero attached hydrogens (tertiary/aromatic N) is 3. The first kappa shape index (κ1) is 21.4. The van der Waals surface area contributed by atoms with E-state index in [9.17, 15) is 19.1 Å². The molecule has 5 rings (SSSR count). The van der Waals surface area contributed by atoms with E-state index in [0.717, 1.165) is 36.2 Å². The third-order valence-electron chi connectivity index (χ3n) is 7.99. The van der Waals surface area contributed by atoms with Crippen molar-refractivity contribution in [2.24, 2.45) is 10.8 Å².